The van der Waals surface area contributed by atoms with Crippen molar-refractivity contribution in [1.82, 2.24) is 4.98 Å². The fourth-order valence-electron chi connectivity index (χ4n) is 0.626. The summed E-state index contributed by atoms with van der Waals surface area (Å²) in [6.45, 7) is 0. The predicted molar refractivity (Wildman–Crippen MR) is 41.2 cm³/mol. The number of hydrogen-bond donors (Lipinski definition) is 0. The van der Waals surface area contributed by atoms with Crippen LogP contribution in [0.2, 0.25) is 0 Å². The summed E-state index contributed by atoms with van der Waals surface area (Å²) in [4.78, 5) is 15.2. The van der Waals surface area contributed by atoms with E-state index in [1.807, 2.05) is 0 Å². The number of thiazole rings is 1. The Labute approximate surface area is 72.7 Å². The van der Waals surface area contributed by atoms with Gasteiger partial charge in [-0.3, -0.25) is 9.78 Å². The SMILES string of the molecule is N#CC(C#N)C(=O)c1cncs1. The maximum atomic E-state index is 11.2. The number of rotatable bonds is 2. The summed E-state index contributed by atoms with van der Waals surface area (Å²) in [5.74, 6) is -1.67. The second-order valence-electron chi connectivity index (χ2n) is 1.92. The zero-order chi connectivity index (χ0) is 8.97. The zero-order valence-electron chi connectivity index (χ0n) is 5.89. The molecule has 12 heavy (non-hydrogen) atoms. The minimum absolute atomic E-state index is 0.350. The van der Waals surface area contributed by atoms with E-state index >= 15 is 0 Å². The van der Waals surface area contributed by atoms with Gasteiger partial charge in [0.15, 0.2) is 5.92 Å². The first-order valence-corrected chi connectivity index (χ1v) is 3.89. The molecule has 0 saturated carbocycles. The largest absolute Gasteiger partial charge is 0.291 e. The molecule has 0 saturated heterocycles. The lowest BCUT2D eigenvalue weighted by molar-refractivity contribution is 0.0974. The Kier molecular flexibility index (Phi) is 2.52. The number of carbonyl (C=O) groups is 1. The van der Waals surface area contributed by atoms with Crippen molar-refractivity contribution in [3.63, 3.8) is 0 Å². The normalized spacial score (nSPS) is 8.92. The second-order valence-corrected chi connectivity index (χ2v) is 2.81. The van der Waals surface area contributed by atoms with Crippen LogP contribution in [0.15, 0.2) is 11.7 Å². The molecular formula is C7H3N3OS. The molecule has 0 N–H and O–H groups in total. The van der Waals surface area contributed by atoms with Gasteiger partial charge in [0.2, 0.25) is 5.78 Å². The molecule has 0 aliphatic heterocycles. The lowest BCUT2D eigenvalue weighted by atomic mass is 10.1. The van der Waals surface area contributed by atoms with E-state index in [0.29, 0.717) is 4.88 Å². The molecule has 1 rings (SSSR count). The molecule has 58 valence electrons. The van der Waals surface area contributed by atoms with Gasteiger partial charge in [-0.1, -0.05) is 0 Å². The van der Waals surface area contributed by atoms with E-state index in [0.717, 1.165) is 11.3 Å². The third-order valence-corrected chi connectivity index (χ3v) is 1.98. The van der Waals surface area contributed by atoms with E-state index in [-0.39, 0.29) is 0 Å². The molecule has 0 unspecified atom stereocenters. The van der Waals surface area contributed by atoms with Crippen LogP contribution in [-0.4, -0.2) is 10.8 Å². The topological polar surface area (TPSA) is 77.5 Å². The maximum absolute atomic E-state index is 11.2. The second kappa shape index (κ2) is 3.61. The highest BCUT2D eigenvalue weighted by molar-refractivity contribution is 7.11. The van der Waals surface area contributed by atoms with E-state index in [9.17, 15) is 4.79 Å². The summed E-state index contributed by atoms with van der Waals surface area (Å²) in [7, 11) is 0. The van der Waals surface area contributed by atoms with Gasteiger partial charge in [-0.05, 0) is 0 Å². The molecule has 4 nitrogen and oxygen atoms in total. The maximum Gasteiger partial charge on any atom is 0.205 e. The third kappa shape index (κ3) is 1.47. The number of carbonyl (C=O) groups excluding carboxylic acids is 1. The van der Waals surface area contributed by atoms with Crippen molar-refractivity contribution >= 4 is 17.1 Å². The Morgan fingerprint density at radius 2 is 2.25 bits per heavy atom. The smallest absolute Gasteiger partial charge is 0.205 e. The van der Waals surface area contributed by atoms with Crippen LogP contribution in [0.3, 0.4) is 0 Å². The Hall–Kier alpha value is -1.72. The monoisotopic (exact) mass is 177 g/mol. The summed E-state index contributed by atoms with van der Waals surface area (Å²) >= 11 is 1.13. The molecule has 0 spiro atoms. The average Bonchev–Trinajstić information content (AvgIpc) is 2.58. The highest BCUT2D eigenvalue weighted by atomic mass is 32.1. The van der Waals surface area contributed by atoms with Crippen molar-refractivity contribution in [3.05, 3.63) is 16.6 Å². The fourth-order valence-corrected chi connectivity index (χ4v) is 1.22. The van der Waals surface area contributed by atoms with Crippen molar-refractivity contribution in [2.75, 3.05) is 0 Å². The van der Waals surface area contributed by atoms with E-state index < -0.39 is 11.7 Å². The Morgan fingerprint density at radius 1 is 1.58 bits per heavy atom. The van der Waals surface area contributed by atoms with E-state index in [2.05, 4.69) is 4.98 Å². The lowest BCUT2D eigenvalue weighted by Crippen LogP contribution is -2.08. The summed E-state index contributed by atoms with van der Waals surface area (Å²) in [5, 5.41) is 16.8. The van der Waals surface area contributed by atoms with Crippen molar-refractivity contribution in [2.45, 2.75) is 0 Å². The van der Waals surface area contributed by atoms with E-state index in [1.54, 1.807) is 12.1 Å². The lowest BCUT2D eigenvalue weighted by Gasteiger charge is -1.92. The molecule has 1 heterocycles. The molecule has 0 amide bonds. The first-order chi connectivity index (χ1) is 5.79. The van der Waals surface area contributed by atoms with Crippen LogP contribution in [0, 0.1) is 28.6 Å². The molecule has 0 fully saturated rings. The number of nitriles is 2. The zero-order valence-corrected chi connectivity index (χ0v) is 6.71. The van der Waals surface area contributed by atoms with Gasteiger partial charge >= 0.3 is 0 Å². The number of hydrogen-bond acceptors (Lipinski definition) is 5. The van der Waals surface area contributed by atoms with Crippen molar-refractivity contribution < 1.29 is 4.79 Å². The van der Waals surface area contributed by atoms with Crippen LogP contribution in [0.5, 0.6) is 0 Å². The number of Topliss-reactive ketones (excluding diaryl/α,β-unsaturated/α-hetero) is 1. The van der Waals surface area contributed by atoms with Crippen LogP contribution in [0.1, 0.15) is 9.67 Å². The summed E-state index contributed by atoms with van der Waals surface area (Å²) in [5.41, 5.74) is 1.49. The van der Waals surface area contributed by atoms with Crippen molar-refractivity contribution in [2.24, 2.45) is 5.92 Å². The molecular weight excluding hydrogens is 174 g/mol. The van der Waals surface area contributed by atoms with Crippen LogP contribution >= 0.6 is 11.3 Å². The molecule has 0 aliphatic carbocycles. The third-order valence-electron chi connectivity index (χ3n) is 1.20. The van der Waals surface area contributed by atoms with Gasteiger partial charge in [-0.15, -0.1) is 11.3 Å². The van der Waals surface area contributed by atoms with Crippen LogP contribution < -0.4 is 0 Å². The first kappa shape index (κ1) is 8.38. The molecule has 0 aromatic carbocycles. The highest BCUT2D eigenvalue weighted by Crippen LogP contribution is 2.11. The fraction of sp³-hybridized carbons (Fsp3) is 0.143. The summed E-state index contributed by atoms with van der Waals surface area (Å²) in [6, 6.07) is 3.22. The molecule has 1 aromatic heterocycles. The molecule has 1 aromatic rings. The Bertz CT molecular complexity index is 343. The number of aromatic nitrogens is 1. The molecule has 0 radical (unpaired) electrons. The van der Waals surface area contributed by atoms with E-state index in [4.69, 9.17) is 10.5 Å². The molecule has 5 heteroatoms. The Morgan fingerprint density at radius 3 is 2.67 bits per heavy atom. The minimum atomic E-state index is -1.20. The van der Waals surface area contributed by atoms with Gasteiger partial charge in [-0.25, -0.2) is 0 Å². The summed E-state index contributed by atoms with van der Waals surface area (Å²) < 4.78 is 0. The average molecular weight is 177 g/mol. The van der Waals surface area contributed by atoms with Gasteiger partial charge in [0.1, 0.15) is 0 Å². The number of nitrogens with zero attached hydrogens (tertiary/aromatic N) is 3. The van der Waals surface area contributed by atoms with Crippen LogP contribution in [0.4, 0.5) is 0 Å². The molecule has 0 bridgehead atoms. The van der Waals surface area contributed by atoms with Gasteiger partial charge in [0.05, 0.1) is 22.5 Å². The van der Waals surface area contributed by atoms with Gasteiger partial charge in [0.25, 0.3) is 0 Å². The minimum Gasteiger partial charge on any atom is -0.291 e. The first-order valence-electron chi connectivity index (χ1n) is 3.01. The van der Waals surface area contributed by atoms with Gasteiger partial charge < -0.3 is 0 Å². The predicted octanol–water partition coefficient (Wildman–Crippen LogP) is 0.989. The van der Waals surface area contributed by atoms with Gasteiger partial charge in [-0.2, -0.15) is 10.5 Å². The van der Waals surface area contributed by atoms with Crippen molar-refractivity contribution in [1.29, 1.82) is 10.5 Å². The molecule has 0 atom stereocenters. The summed E-state index contributed by atoms with van der Waals surface area (Å²) in [6.07, 6.45) is 1.36. The standard InChI is InChI=1S/C7H3N3OS/c8-1-5(2-9)7(11)6-3-10-4-12-6/h3-5H. The van der Waals surface area contributed by atoms with Gasteiger partial charge in [0, 0.05) is 6.20 Å². The molecule has 0 aliphatic rings. The number of ketones is 1. The van der Waals surface area contributed by atoms with Crippen LogP contribution in [-0.2, 0) is 0 Å². The van der Waals surface area contributed by atoms with Crippen molar-refractivity contribution in [3.8, 4) is 12.1 Å². The van der Waals surface area contributed by atoms with E-state index in [1.165, 1.54) is 11.7 Å². The Balaban J connectivity index is 2.88. The van der Waals surface area contributed by atoms with Crippen LogP contribution in [0.25, 0.3) is 0 Å². The highest BCUT2D eigenvalue weighted by Gasteiger charge is 2.19. The quantitative estimate of drug-likeness (QED) is 0.631.